The number of carbonyl (C=O) groups is 2. The molecule has 1 amide bonds. The first-order valence-electron chi connectivity index (χ1n) is 10.4. The average Bonchev–Trinajstić information content (AvgIpc) is 2.99. The molecule has 6 nitrogen and oxygen atoms in total. The van der Waals surface area contributed by atoms with E-state index in [-0.39, 0.29) is 29.4 Å². The van der Waals surface area contributed by atoms with Crippen LogP contribution in [0.2, 0.25) is 0 Å². The van der Waals surface area contributed by atoms with E-state index in [1.807, 2.05) is 37.3 Å². The molecule has 0 saturated carbocycles. The number of amides is 1. The van der Waals surface area contributed by atoms with Crippen LogP contribution < -0.4 is 4.74 Å². The van der Waals surface area contributed by atoms with E-state index in [2.05, 4.69) is 0 Å². The molecule has 162 valence electrons. The summed E-state index contributed by atoms with van der Waals surface area (Å²) in [7, 11) is 0. The lowest BCUT2D eigenvalue weighted by molar-refractivity contribution is -0.138. The zero-order valence-corrected chi connectivity index (χ0v) is 18.1. The third-order valence-electron chi connectivity index (χ3n) is 5.05. The van der Waals surface area contributed by atoms with Crippen molar-refractivity contribution < 1.29 is 24.2 Å². The number of ether oxygens (including phenoxy) is 2. The summed E-state index contributed by atoms with van der Waals surface area (Å²) >= 11 is 0. The van der Waals surface area contributed by atoms with Crippen LogP contribution in [-0.2, 0) is 20.7 Å². The minimum atomic E-state index is -0.523. The van der Waals surface area contributed by atoms with Crippen LogP contribution in [0.1, 0.15) is 31.9 Å². The fourth-order valence-electron chi connectivity index (χ4n) is 3.54. The number of phenolic OH excluding ortho intramolecular Hbond substituents is 1. The van der Waals surface area contributed by atoms with E-state index >= 15 is 0 Å². The van der Waals surface area contributed by atoms with Crippen molar-refractivity contribution in [3.05, 3.63) is 76.5 Å². The average molecular weight is 421 g/mol. The Morgan fingerprint density at radius 3 is 2.52 bits per heavy atom. The lowest BCUT2D eigenvalue weighted by Gasteiger charge is -2.17. The van der Waals surface area contributed by atoms with E-state index < -0.39 is 5.97 Å². The summed E-state index contributed by atoms with van der Waals surface area (Å²) in [6.45, 7) is 6.38. The fourth-order valence-corrected chi connectivity index (χ4v) is 3.54. The third kappa shape index (κ3) is 4.97. The Morgan fingerprint density at radius 1 is 1.10 bits per heavy atom. The van der Waals surface area contributed by atoms with Gasteiger partial charge in [0.15, 0.2) is 11.5 Å². The van der Waals surface area contributed by atoms with Gasteiger partial charge in [0.05, 0.1) is 24.4 Å². The number of allylic oxidation sites excluding steroid dienone is 1. The smallest absolute Gasteiger partial charge is 0.340 e. The topological polar surface area (TPSA) is 76.1 Å². The highest BCUT2D eigenvalue weighted by molar-refractivity contribution is 6.16. The van der Waals surface area contributed by atoms with E-state index in [0.29, 0.717) is 36.6 Å². The molecule has 31 heavy (non-hydrogen) atoms. The standard InChI is InChI=1S/C25H27NO5/c1-4-30-22-16-19(11-12-21(22)27)15-20-23(25(29)31-5-2)17(3)26(24(20)28)14-13-18-9-7-6-8-10-18/h6-12,15-16,27H,4-5,13-14H2,1-3H3/b20-15-. The molecule has 1 N–H and O–H groups in total. The van der Waals surface area contributed by atoms with Gasteiger partial charge in [-0.1, -0.05) is 36.4 Å². The van der Waals surface area contributed by atoms with Crippen LogP contribution >= 0.6 is 0 Å². The lowest BCUT2D eigenvalue weighted by Crippen LogP contribution is -2.27. The van der Waals surface area contributed by atoms with Crippen LogP contribution in [0, 0.1) is 0 Å². The van der Waals surface area contributed by atoms with Crippen molar-refractivity contribution in [1.82, 2.24) is 4.90 Å². The van der Waals surface area contributed by atoms with Gasteiger partial charge in [-0.05, 0) is 56.5 Å². The van der Waals surface area contributed by atoms with Gasteiger partial charge in [0, 0.05) is 12.2 Å². The molecule has 0 unspecified atom stereocenters. The van der Waals surface area contributed by atoms with Crippen LogP contribution in [0.15, 0.2) is 65.4 Å². The SMILES string of the molecule is CCOC(=O)C1=C(C)N(CCc2ccccc2)C(=O)/C1=C\c1ccc(O)c(OCC)c1. The van der Waals surface area contributed by atoms with E-state index in [1.165, 1.54) is 6.07 Å². The van der Waals surface area contributed by atoms with Crippen molar-refractivity contribution in [2.24, 2.45) is 0 Å². The number of hydrogen-bond donors (Lipinski definition) is 1. The van der Waals surface area contributed by atoms with Crippen LogP contribution in [-0.4, -0.2) is 41.6 Å². The Balaban J connectivity index is 1.96. The number of nitrogens with zero attached hydrogens (tertiary/aromatic N) is 1. The van der Waals surface area contributed by atoms with Crippen molar-refractivity contribution in [3.63, 3.8) is 0 Å². The Hall–Kier alpha value is -3.54. The third-order valence-corrected chi connectivity index (χ3v) is 5.05. The quantitative estimate of drug-likeness (QED) is 0.513. The van der Waals surface area contributed by atoms with Gasteiger partial charge in [0.25, 0.3) is 5.91 Å². The van der Waals surface area contributed by atoms with E-state index in [0.717, 1.165) is 5.56 Å². The number of carbonyl (C=O) groups excluding carboxylic acids is 2. The molecule has 0 fully saturated rings. The van der Waals surface area contributed by atoms with Gasteiger partial charge >= 0.3 is 5.97 Å². The normalized spacial score (nSPS) is 15.0. The number of rotatable bonds is 8. The number of benzene rings is 2. The maximum absolute atomic E-state index is 13.3. The zero-order chi connectivity index (χ0) is 22.4. The molecule has 0 saturated heterocycles. The monoisotopic (exact) mass is 421 g/mol. The van der Waals surface area contributed by atoms with Crippen molar-refractivity contribution in [3.8, 4) is 11.5 Å². The summed E-state index contributed by atoms with van der Waals surface area (Å²) in [5, 5.41) is 9.95. The first-order chi connectivity index (χ1) is 15.0. The Bertz CT molecular complexity index is 1020. The number of esters is 1. The van der Waals surface area contributed by atoms with Gasteiger partial charge < -0.3 is 19.5 Å². The predicted molar refractivity (Wildman–Crippen MR) is 118 cm³/mol. The van der Waals surface area contributed by atoms with E-state index in [1.54, 1.807) is 37.0 Å². The molecule has 2 aromatic carbocycles. The molecule has 2 aromatic rings. The maximum atomic E-state index is 13.3. The first kappa shape index (κ1) is 22.2. The molecule has 3 rings (SSSR count). The van der Waals surface area contributed by atoms with E-state index in [9.17, 15) is 14.7 Å². The molecular weight excluding hydrogens is 394 g/mol. The highest BCUT2D eigenvalue weighted by atomic mass is 16.5. The molecule has 0 radical (unpaired) electrons. The van der Waals surface area contributed by atoms with Crippen LogP contribution in [0.25, 0.3) is 6.08 Å². The van der Waals surface area contributed by atoms with Crippen molar-refractivity contribution in [2.45, 2.75) is 27.2 Å². The molecule has 0 atom stereocenters. The largest absolute Gasteiger partial charge is 0.504 e. The summed E-state index contributed by atoms with van der Waals surface area (Å²) in [5.74, 6) is -0.432. The van der Waals surface area contributed by atoms with Gasteiger partial charge in [-0.3, -0.25) is 4.79 Å². The second-order valence-electron chi connectivity index (χ2n) is 7.09. The van der Waals surface area contributed by atoms with Crippen molar-refractivity contribution in [2.75, 3.05) is 19.8 Å². The summed E-state index contributed by atoms with van der Waals surface area (Å²) in [4.78, 5) is 27.6. The van der Waals surface area contributed by atoms with Gasteiger partial charge in [0.1, 0.15) is 0 Å². The summed E-state index contributed by atoms with van der Waals surface area (Å²) < 4.78 is 10.7. The lowest BCUT2D eigenvalue weighted by atomic mass is 10.0. The Labute approximate surface area is 182 Å². The molecule has 1 aliphatic heterocycles. The molecule has 6 heteroatoms. The van der Waals surface area contributed by atoms with Crippen molar-refractivity contribution >= 4 is 18.0 Å². The molecule has 0 spiro atoms. The second kappa shape index (κ2) is 9.98. The molecule has 0 bridgehead atoms. The first-order valence-corrected chi connectivity index (χ1v) is 10.4. The molecule has 1 heterocycles. The zero-order valence-electron chi connectivity index (χ0n) is 18.1. The summed E-state index contributed by atoms with van der Waals surface area (Å²) in [5.41, 5.74) is 2.87. The molecule has 0 aromatic heterocycles. The molecular formula is C25H27NO5. The maximum Gasteiger partial charge on any atom is 0.340 e. The number of phenols is 1. The summed E-state index contributed by atoms with van der Waals surface area (Å²) in [6.07, 6.45) is 2.31. The molecule has 1 aliphatic rings. The van der Waals surface area contributed by atoms with E-state index in [4.69, 9.17) is 9.47 Å². The number of hydrogen-bond acceptors (Lipinski definition) is 5. The van der Waals surface area contributed by atoms with Gasteiger partial charge in [-0.15, -0.1) is 0 Å². The van der Waals surface area contributed by atoms with Gasteiger partial charge in [-0.25, -0.2) is 4.79 Å². The van der Waals surface area contributed by atoms with Crippen molar-refractivity contribution in [1.29, 1.82) is 0 Å². The van der Waals surface area contributed by atoms with Crippen LogP contribution in [0.3, 0.4) is 0 Å². The second-order valence-corrected chi connectivity index (χ2v) is 7.09. The van der Waals surface area contributed by atoms with Crippen LogP contribution in [0.4, 0.5) is 0 Å². The predicted octanol–water partition coefficient (Wildman–Crippen LogP) is 4.10. The Morgan fingerprint density at radius 2 is 1.84 bits per heavy atom. The van der Waals surface area contributed by atoms with Gasteiger partial charge in [0.2, 0.25) is 0 Å². The molecule has 0 aliphatic carbocycles. The Kier molecular flexibility index (Phi) is 7.13. The highest BCUT2D eigenvalue weighted by Gasteiger charge is 2.36. The summed E-state index contributed by atoms with van der Waals surface area (Å²) in [6, 6.07) is 14.7. The number of aromatic hydroxyl groups is 1. The minimum absolute atomic E-state index is 0.0172. The highest BCUT2D eigenvalue weighted by Crippen LogP contribution is 2.34. The minimum Gasteiger partial charge on any atom is -0.504 e. The fraction of sp³-hybridized carbons (Fsp3) is 0.280. The van der Waals surface area contributed by atoms with Gasteiger partial charge in [-0.2, -0.15) is 0 Å². The van der Waals surface area contributed by atoms with Crippen LogP contribution in [0.5, 0.6) is 11.5 Å².